The van der Waals surface area contributed by atoms with Crippen LogP contribution >= 0.6 is 0 Å². The molecule has 1 aliphatic carbocycles. The number of rotatable bonds is 18. The third-order valence-corrected chi connectivity index (χ3v) is 8.22. The van der Waals surface area contributed by atoms with E-state index in [0.29, 0.717) is 17.9 Å². The fourth-order valence-corrected chi connectivity index (χ4v) is 5.28. The fraction of sp³-hybridized carbons (Fsp3) is 0.333. The van der Waals surface area contributed by atoms with E-state index in [1.807, 2.05) is 6.07 Å². The van der Waals surface area contributed by atoms with Crippen molar-refractivity contribution in [1.29, 1.82) is 0 Å². The highest BCUT2D eigenvalue weighted by molar-refractivity contribution is 6.09. The van der Waals surface area contributed by atoms with Crippen LogP contribution in [0.3, 0.4) is 0 Å². The van der Waals surface area contributed by atoms with Crippen molar-refractivity contribution in [3.05, 3.63) is 83.9 Å². The second kappa shape index (κ2) is 18.0. The third kappa shape index (κ3) is 10.3. The summed E-state index contributed by atoms with van der Waals surface area (Å²) < 4.78 is 70.7. The van der Waals surface area contributed by atoms with E-state index in [4.69, 9.17) is 9.47 Å². The summed E-state index contributed by atoms with van der Waals surface area (Å²) in [6.45, 7) is 0.325. The highest BCUT2D eigenvalue weighted by Crippen LogP contribution is 2.42. The molecule has 17 heteroatoms. The number of para-hydroxylation sites is 1. The molecule has 0 spiro atoms. The Labute approximate surface area is 300 Å². The first-order valence-corrected chi connectivity index (χ1v) is 16.4. The maximum atomic E-state index is 14.0. The van der Waals surface area contributed by atoms with Crippen molar-refractivity contribution in [3.8, 4) is 17.2 Å². The lowest BCUT2D eigenvalue weighted by Crippen LogP contribution is -2.60. The molecule has 0 aromatic heterocycles. The molecule has 2 atom stereocenters. The molecule has 1 aliphatic rings. The zero-order valence-corrected chi connectivity index (χ0v) is 28.2. The largest absolute Gasteiger partial charge is 0.481 e. The number of aliphatic carboxylic acids is 1. The zero-order valence-electron chi connectivity index (χ0n) is 28.2. The number of carboxylic acid groups (broad SMARTS) is 1. The summed E-state index contributed by atoms with van der Waals surface area (Å²) in [4.78, 5) is 77.5. The van der Waals surface area contributed by atoms with Gasteiger partial charge in [-0.3, -0.25) is 28.8 Å². The van der Waals surface area contributed by atoms with Crippen molar-refractivity contribution in [2.75, 3.05) is 18.5 Å². The van der Waals surface area contributed by atoms with Gasteiger partial charge in [0.1, 0.15) is 35.6 Å². The number of anilines is 1. The molecule has 4 rings (SSSR count). The Morgan fingerprint density at radius 3 is 2.04 bits per heavy atom. The number of benzene rings is 3. The Morgan fingerprint density at radius 1 is 0.830 bits per heavy atom. The molecule has 0 bridgehead atoms. The number of nitrogens with one attached hydrogen (secondary N) is 3. The maximum absolute atomic E-state index is 14.0. The van der Waals surface area contributed by atoms with Crippen LogP contribution in [0.25, 0.3) is 0 Å². The van der Waals surface area contributed by atoms with Crippen LogP contribution < -0.4 is 25.4 Å². The Balaban J connectivity index is 1.49. The van der Waals surface area contributed by atoms with E-state index in [2.05, 4.69) is 20.7 Å². The topological polar surface area (TPSA) is 186 Å². The van der Waals surface area contributed by atoms with Gasteiger partial charge in [0.25, 0.3) is 0 Å². The van der Waals surface area contributed by atoms with Gasteiger partial charge in [0.15, 0.2) is 23.2 Å². The van der Waals surface area contributed by atoms with E-state index < -0.39 is 95.0 Å². The van der Waals surface area contributed by atoms with Gasteiger partial charge in [-0.2, -0.15) is 8.78 Å². The summed E-state index contributed by atoms with van der Waals surface area (Å²) in [6, 6.07) is 11.7. The Bertz CT molecular complexity index is 1830. The molecule has 1 saturated carbocycles. The van der Waals surface area contributed by atoms with Crippen LogP contribution in [0.4, 0.5) is 23.2 Å². The molecule has 282 valence electrons. The average molecular weight is 746 g/mol. The normalized spacial score (nSPS) is 14.1. The number of esters is 1. The Kier molecular flexibility index (Phi) is 13.5. The molecule has 13 nitrogen and oxygen atoms in total. The number of ether oxygens (including phenoxy) is 3. The molecule has 53 heavy (non-hydrogen) atoms. The molecule has 3 aromatic carbocycles. The smallest absolute Gasteiger partial charge is 0.305 e. The second-order valence-corrected chi connectivity index (χ2v) is 11.9. The standard InChI is InChI=1S/C36H35F4N3O10/c1-2-51-29(47)13-12-25(33(48)41-20-8-6-11-22(16-20)53-21-9-4-3-5-10-21)42-34(49)36(14-7-15-36)35(50)43-26(18-28(45)46)27(44)19-52-32-30(39)23(37)17-24(38)31(32)40/h3-6,8-11,16-17,25-26H,2,7,12-15,18-19H2,1H3,(H,41,48)(H,42,49)(H,43,50)(H,45,46). The molecule has 3 amide bonds. The third-order valence-electron chi connectivity index (χ3n) is 8.22. The van der Waals surface area contributed by atoms with Crippen molar-refractivity contribution < 1.29 is 65.6 Å². The summed E-state index contributed by atoms with van der Waals surface area (Å²) in [6.07, 6.45) is -1.43. The number of hydrogen-bond donors (Lipinski definition) is 4. The van der Waals surface area contributed by atoms with E-state index in [-0.39, 0.29) is 44.0 Å². The van der Waals surface area contributed by atoms with Crippen molar-refractivity contribution in [2.45, 2.75) is 57.5 Å². The van der Waals surface area contributed by atoms with E-state index in [1.165, 1.54) is 6.07 Å². The summed E-state index contributed by atoms with van der Waals surface area (Å²) >= 11 is 0. The van der Waals surface area contributed by atoms with Gasteiger partial charge in [0.2, 0.25) is 29.4 Å². The molecule has 0 heterocycles. The summed E-state index contributed by atoms with van der Waals surface area (Å²) in [5.74, 6) is -14.6. The molecule has 2 unspecified atom stereocenters. The lowest BCUT2D eigenvalue weighted by molar-refractivity contribution is -0.153. The molecule has 0 radical (unpaired) electrons. The van der Waals surface area contributed by atoms with Crippen LogP contribution in [-0.2, 0) is 33.5 Å². The first-order chi connectivity index (χ1) is 25.2. The number of amides is 3. The van der Waals surface area contributed by atoms with Crippen LogP contribution in [0.15, 0.2) is 60.7 Å². The molecule has 1 fully saturated rings. The van der Waals surface area contributed by atoms with Crippen LogP contribution in [0, 0.1) is 28.7 Å². The van der Waals surface area contributed by atoms with Gasteiger partial charge in [-0.15, -0.1) is 0 Å². The SMILES string of the molecule is CCOC(=O)CCC(NC(=O)C1(C(=O)NC(CC(=O)O)C(=O)COc2c(F)c(F)cc(F)c2F)CCC1)C(=O)Nc1cccc(Oc2ccccc2)c1. The molecular formula is C36H35F4N3O10. The van der Waals surface area contributed by atoms with Crippen LogP contribution in [-0.4, -0.2) is 65.8 Å². The van der Waals surface area contributed by atoms with E-state index >= 15 is 0 Å². The average Bonchev–Trinajstić information content (AvgIpc) is 3.08. The van der Waals surface area contributed by atoms with Crippen molar-refractivity contribution in [1.82, 2.24) is 10.6 Å². The van der Waals surface area contributed by atoms with E-state index in [1.54, 1.807) is 49.4 Å². The highest BCUT2D eigenvalue weighted by Gasteiger charge is 2.52. The monoisotopic (exact) mass is 745 g/mol. The first-order valence-electron chi connectivity index (χ1n) is 16.4. The van der Waals surface area contributed by atoms with E-state index in [0.717, 1.165) is 0 Å². The predicted octanol–water partition coefficient (Wildman–Crippen LogP) is 4.58. The zero-order chi connectivity index (χ0) is 38.7. The predicted molar refractivity (Wildman–Crippen MR) is 177 cm³/mol. The quantitative estimate of drug-likeness (QED) is 0.0622. The number of halogens is 4. The van der Waals surface area contributed by atoms with Crippen molar-refractivity contribution >= 4 is 41.1 Å². The van der Waals surface area contributed by atoms with Gasteiger partial charge in [-0.25, -0.2) is 8.78 Å². The van der Waals surface area contributed by atoms with E-state index in [9.17, 15) is 51.4 Å². The summed E-state index contributed by atoms with van der Waals surface area (Å²) in [5.41, 5.74) is -1.62. The Morgan fingerprint density at radius 2 is 1.45 bits per heavy atom. The number of carboxylic acids is 1. The lowest BCUT2D eigenvalue weighted by atomic mass is 9.67. The number of carbonyl (C=O) groups excluding carboxylic acids is 5. The van der Waals surface area contributed by atoms with Gasteiger partial charge in [-0.05, 0) is 50.5 Å². The second-order valence-electron chi connectivity index (χ2n) is 11.9. The van der Waals surface area contributed by atoms with Crippen LogP contribution in [0.5, 0.6) is 17.2 Å². The maximum Gasteiger partial charge on any atom is 0.305 e. The van der Waals surface area contributed by atoms with Crippen LogP contribution in [0.2, 0.25) is 0 Å². The molecule has 0 saturated heterocycles. The molecular weight excluding hydrogens is 710 g/mol. The lowest BCUT2D eigenvalue weighted by Gasteiger charge is -2.40. The first kappa shape index (κ1) is 39.8. The molecule has 3 aromatic rings. The van der Waals surface area contributed by atoms with Gasteiger partial charge in [0.05, 0.1) is 13.0 Å². The van der Waals surface area contributed by atoms with Crippen molar-refractivity contribution in [3.63, 3.8) is 0 Å². The highest BCUT2D eigenvalue weighted by atomic mass is 19.2. The van der Waals surface area contributed by atoms with Gasteiger partial charge < -0.3 is 35.3 Å². The number of Topliss-reactive ketones (excluding diaryl/α,β-unsaturated/α-hetero) is 1. The minimum atomic E-state index is -1.95. The number of ketones is 1. The summed E-state index contributed by atoms with van der Waals surface area (Å²) in [7, 11) is 0. The Hall–Kier alpha value is -6.00. The minimum Gasteiger partial charge on any atom is -0.481 e. The van der Waals surface area contributed by atoms with Crippen LogP contribution in [0.1, 0.15) is 45.4 Å². The number of hydrogen-bond acceptors (Lipinski definition) is 9. The van der Waals surface area contributed by atoms with Gasteiger partial charge in [-0.1, -0.05) is 30.7 Å². The van der Waals surface area contributed by atoms with Gasteiger partial charge in [0, 0.05) is 24.2 Å². The molecule has 0 aliphatic heterocycles. The minimum absolute atomic E-state index is 0.0593. The van der Waals surface area contributed by atoms with Crippen molar-refractivity contribution in [2.24, 2.45) is 5.41 Å². The van der Waals surface area contributed by atoms with Gasteiger partial charge >= 0.3 is 11.9 Å². The molecule has 4 N–H and O–H groups in total. The summed E-state index contributed by atoms with van der Waals surface area (Å²) in [5, 5.41) is 16.7. The fourth-order valence-electron chi connectivity index (χ4n) is 5.28. The number of carbonyl (C=O) groups is 6.